The molecule has 110 valence electrons. The highest BCUT2D eigenvalue weighted by atomic mass is 127. The highest BCUT2D eigenvalue weighted by Gasteiger charge is 2.21. The molecule has 1 heterocycles. The number of nitrogens with zero attached hydrogens (tertiary/aromatic N) is 1. The van der Waals surface area contributed by atoms with Crippen molar-refractivity contribution >= 4 is 57.3 Å². The molecule has 5 heteroatoms. The molecule has 1 aromatic heterocycles. The van der Waals surface area contributed by atoms with Crippen LogP contribution >= 0.6 is 34.2 Å². The van der Waals surface area contributed by atoms with Gasteiger partial charge in [0, 0.05) is 20.2 Å². The van der Waals surface area contributed by atoms with Gasteiger partial charge in [0.1, 0.15) is 0 Å². The molecule has 0 saturated carbocycles. The summed E-state index contributed by atoms with van der Waals surface area (Å²) < 4.78 is 2.48. The van der Waals surface area contributed by atoms with E-state index >= 15 is 0 Å². The third-order valence-corrected chi connectivity index (χ3v) is 4.64. The predicted molar refractivity (Wildman–Crippen MR) is 96.0 cm³/mol. The van der Waals surface area contributed by atoms with Crippen LogP contribution in [0.5, 0.6) is 0 Å². The minimum atomic E-state index is -0.231. The summed E-state index contributed by atoms with van der Waals surface area (Å²) in [5.41, 5.74) is 2.29. The number of carbonyl (C=O) groups excluding carboxylic acids is 2. The Morgan fingerprint density at radius 3 is 2.68 bits per heavy atom. The normalized spacial score (nSPS) is 10.9. The number of rotatable bonds is 2. The molecule has 0 saturated heterocycles. The number of fused-ring (bicyclic) bond motifs is 1. The Morgan fingerprint density at radius 1 is 1.23 bits per heavy atom. The highest BCUT2D eigenvalue weighted by Crippen LogP contribution is 2.27. The van der Waals surface area contributed by atoms with Crippen LogP contribution in [0.25, 0.3) is 10.9 Å². The Kier molecular flexibility index (Phi) is 4.06. The van der Waals surface area contributed by atoms with Gasteiger partial charge in [0.25, 0.3) is 5.91 Å². The number of para-hydroxylation sites is 1. The van der Waals surface area contributed by atoms with E-state index in [0.29, 0.717) is 27.4 Å². The molecule has 3 nitrogen and oxygen atoms in total. The molecule has 0 aliphatic carbocycles. The van der Waals surface area contributed by atoms with Crippen molar-refractivity contribution in [1.82, 2.24) is 4.57 Å². The van der Waals surface area contributed by atoms with Crippen molar-refractivity contribution in [3.63, 3.8) is 0 Å². The zero-order valence-electron chi connectivity index (χ0n) is 11.6. The number of halogens is 2. The minimum Gasteiger partial charge on any atom is -0.298 e. The van der Waals surface area contributed by atoms with E-state index in [4.69, 9.17) is 11.6 Å². The largest absolute Gasteiger partial charge is 0.298 e. The molecule has 0 unspecified atom stereocenters. The molecule has 0 aliphatic heterocycles. The summed E-state index contributed by atoms with van der Waals surface area (Å²) in [6.45, 7) is 1.77. The Bertz CT molecular complexity index is 914. The van der Waals surface area contributed by atoms with Crippen molar-refractivity contribution < 1.29 is 9.59 Å². The lowest BCUT2D eigenvalue weighted by Gasteiger charge is -2.09. The fraction of sp³-hybridized carbons (Fsp3) is 0.0588. The molecule has 0 bridgehead atoms. The minimum absolute atomic E-state index is 0.231. The van der Waals surface area contributed by atoms with Crippen LogP contribution in [-0.2, 0) is 0 Å². The summed E-state index contributed by atoms with van der Waals surface area (Å²) in [6.07, 6.45) is 0.789. The van der Waals surface area contributed by atoms with Crippen LogP contribution in [0.4, 0.5) is 0 Å². The van der Waals surface area contributed by atoms with Crippen LogP contribution in [0, 0.1) is 10.5 Å². The van der Waals surface area contributed by atoms with E-state index in [1.807, 2.05) is 30.3 Å². The van der Waals surface area contributed by atoms with E-state index in [-0.39, 0.29) is 5.91 Å². The summed E-state index contributed by atoms with van der Waals surface area (Å²) in [6, 6.07) is 12.7. The van der Waals surface area contributed by atoms with E-state index in [0.717, 1.165) is 15.2 Å². The summed E-state index contributed by atoms with van der Waals surface area (Å²) in [5.74, 6) is -0.231. The van der Waals surface area contributed by atoms with Crippen LogP contribution in [0.1, 0.15) is 26.4 Å². The van der Waals surface area contributed by atoms with Gasteiger partial charge in [0.05, 0.1) is 16.1 Å². The molecular formula is C17H11ClINO2. The average Bonchev–Trinajstić information content (AvgIpc) is 2.80. The fourth-order valence-corrected chi connectivity index (χ4v) is 3.27. The van der Waals surface area contributed by atoms with Crippen LogP contribution < -0.4 is 0 Å². The van der Waals surface area contributed by atoms with Crippen molar-refractivity contribution in [2.24, 2.45) is 0 Å². The molecule has 0 radical (unpaired) electrons. The molecule has 3 aromatic rings. The fourth-order valence-electron chi connectivity index (χ4n) is 2.58. The van der Waals surface area contributed by atoms with Gasteiger partial charge < -0.3 is 0 Å². The predicted octanol–water partition coefficient (Wildman–Crippen LogP) is 4.71. The Hall–Kier alpha value is -1.66. The first-order chi connectivity index (χ1) is 10.5. The summed E-state index contributed by atoms with van der Waals surface area (Å²) >= 11 is 8.32. The molecule has 0 fully saturated rings. The molecule has 0 N–H and O–H groups in total. The summed E-state index contributed by atoms with van der Waals surface area (Å²) in [7, 11) is 0. The molecule has 0 amide bonds. The lowest BCUT2D eigenvalue weighted by Crippen LogP contribution is -2.14. The van der Waals surface area contributed by atoms with Gasteiger partial charge in [0.15, 0.2) is 6.29 Å². The third kappa shape index (κ3) is 2.36. The maximum Gasteiger partial charge on any atom is 0.264 e. The Morgan fingerprint density at radius 2 is 1.95 bits per heavy atom. The topological polar surface area (TPSA) is 39.1 Å². The molecule has 0 aliphatic rings. The van der Waals surface area contributed by atoms with E-state index < -0.39 is 0 Å². The van der Waals surface area contributed by atoms with Crippen molar-refractivity contribution in [3.05, 3.63) is 67.9 Å². The maximum atomic E-state index is 12.9. The Balaban J connectivity index is 2.30. The second kappa shape index (κ2) is 5.85. The van der Waals surface area contributed by atoms with Crippen molar-refractivity contribution in [3.8, 4) is 0 Å². The van der Waals surface area contributed by atoms with Crippen molar-refractivity contribution in [2.75, 3.05) is 0 Å². The molecular weight excluding hydrogens is 413 g/mol. The smallest absolute Gasteiger partial charge is 0.264 e. The molecule has 2 aromatic carbocycles. The highest BCUT2D eigenvalue weighted by molar-refractivity contribution is 14.1. The van der Waals surface area contributed by atoms with Crippen molar-refractivity contribution in [2.45, 2.75) is 6.92 Å². The molecule has 22 heavy (non-hydrogen) atoms. The first kappa shape index (κ1) is 15.2. The first-order valence-corrected chi connectivity index (χ1v) is 8.05. The second-order valence-electron chi connectivity index (χ2n) is 4.90. The quantitative estimate of drug-likeness (QED) is 0.442. The van der Waals surface area contributed by atoms with E-state index in [1.165, 1.54) is 0 Å². The monoisotopic (exact) mass is 423 g/mol. The van der Waals surface area contributed by atoms with Crippen LogP contribution in [0.3, 0.4) is 0 Å². The first-order valence-electron chi connectivity index (χ1n) is 6.59. The number of carbonyl (C=O) groups is 2. The van der Waals surface area contributed by atoms with E-state index in [9.17, 15) is 9.59 Å². The van der Waals surface area contributed by atoms with Gasteiger partial charge in [0.2, 0.25) is 0 Å². The molecule has 0 atom stereocenters. The number of aromatic nitrogens is 1. The van der Waals surface area contributed by atoms with Gasteiger partial charge in [-0.2, -0.15) is 0 Å². The summed E-state index contributed by atoms with van der Waals surface area (Å²) in [4.78, 5) is 24.3. The molecule has 0 spiro atoms. The van der Waals surface area contributed by atoms with Crippen LogP contribution in [-0.4, -0.2) is 16.8 Å². The SMILES string of the molecule is Cc1c(C=O)c2ccccc2n1C(=O)c1cc(I)ccc1Cl. The lowest BCUT2D eigenvalue weighted by molar-refractivity contribution is 0.0963. The zero-order chi connectivity index (χ0) is 15.9. The molecule has 3 rings (SSSR count). The number of benzene rings is 2. The third-order valence-electron chi connectivity index (χ3n) is 3.64. The van der Waals surface area contributed by atoms with Crippen LogP contribution in [0.15, 0.2) is 42.5 Å². The van der Waals surface area contributed by atoms with Gasteiger partial charge in [-0.3, -0.25) is 14.2 Å². The lowest BCUT2D eigenvalue weighted by atomic mass is 10.1. The zero-order valence-corrected chi connectivity index (χ0v) is 14.6. The number of hydrogen-bond donors (Lipinski definition) is 0. The number of hydrogen-bond acceptors (Lipinski definition) is 2. The van der Waals surface area contributed by atoms with Gasteiger partial charge >= 0.3 is 0 Å². The van der Waals surface area contributed by atoms with Crippen LogP contribution in [0.2, 0.25) is 5.02 Å². The Labute approximate surface area is 146 Å². The number of aldehydes is 1. The standard InChI is InChI=1S/C17H11ClINO2/c1-10-14(9-21)12-4-2-3-5-16(12)20(10)17(22)13-8-11(19)6-7-15(13)18/h2-9H,1H3. The van der Waals surface area contributed by atoms with E-state index in [1.54, 1.807) is 23.6 Å². The summed E-state index contributed by atoms with van der Waals surface area (Å²) in [5, 5.41) is 1.17. The van der Waals surface area contributed by atoms with E-state index in [2.05, 4.69) is 22.6 Å². The maximum absolute atomic E-state index is 12.9. The van der Waals surface area contributed by atoms with Gasteiger partial charge in [-0.1, -0.05) is 29.8 Å². The van der Waals surface area contributed by atoms with Gasteiger partial charge in [-0.25, -0.2) is 0 Å². The second-order valence-corrected chi connectivity index (χ2v) is 6.55. The van der Waals surface area contributed by atoms with Gasteiger partial charge in [-0.15, -0.1) is 0 Å². The average molecular weight is 424 g/mol. The van der Waals surface area contributed by atoms with Crippen molar-refractivity contribution in [1.29, 1.82) is 0 Å². The van der Waals surface area contributed by atoms with Gasteiger partial charge in [-0.05, 0) is 53.8 Å².